The number of anilines is 1. The minimum atomic E-state index is -1.03. The number of allylic oxidation sites excluding steroid dienone is 2. The monoisotopic (exact) mass is 297 g/mol. The molecule has 1 saturated carbocycles. The van der Waals surface area contributed by atoms with Gasteiger partial charge in [-0.05, 0) is 49.4 Å². The Labute approximate surface area is 127 Å². The number of nitrogens with zero attached hydrogens (tertiary/aromatic N) is 1. The average Bonchev–Trinajstić information content (AvgIpc) is 3.12. The van der Waals surface area contributed by atoms with Crippen molar-refractivity contribution in [2.75, 3.05) is 4.90 Å². The number of rotatable bonds is 2. The number of imide groups is 1. The predicted molar refractivity (Wildman–Crippen MR) is 78.2 cm³/mol. The molecule has 5 heteroatoms. The van der Waals surface area contributed by atoms with E-state index in [9.17, 15) is 14.4 Å². The van der Waals surface area contributed by atoms with E-state index in [2.05, 4.69) is 12.2 Å². The van der Waals surface area contributed by atoms with Crippen molar-refractivity contribution in [3.05, 3.63) is 42.0 Å². The second kappa shape index (κ2) is 4.06. The Morgan fingerprint density at radius 1 is 1.23 bits per heavy atom. The minimum Gasteiger partial charge on any atom is -0.478 e. The summed E-state index contributed by atoms with van der Waals surface area (Å²) < 4.78 is 0. The van der Waals surface area contributed by atoms with Crippen LogP contribution in [0.15, 0.2) is 36.4 Å². The number of carbonyl (C=O) groups excluding carboxylic acids is 2. The maximum atomic E-state index is 12.9. The lowest BCUT2D eigenvalue weighted by Crippen LogP contribution is -2.37. The highest BCUT2D eigenvalue weighted by atomic mass is 16.4. The van der Waals surface area contributed by atoms with E-state index in [1.54, 1.807) is 0 Å². The van der Waals surface area contributed by atoms with E-state index in [0.29, 0.717) is 5.69 Å². The SMILES string of the molecule is C[C@]12C(=O)N(c3ccc(C(=O)O)cc3)C(=O)[C@H]1[C@H]1C=C[C@H]2C1. The molecule has 2 fully saturated rings. The minimum absolute atomic E-state index is 0.127. The van der Waals surface area contributed by atoms with Gasteiger partial charge in [-0.15, -0.1) is 0 Å². The van der Waals surface area contributed by atoms with Gasteiger partial charge in [-0.2, -0.15) is 0 Å². The molecule has 2 bridgehead atoms. The molecule has 4 rings (SSSR count). The summed E-state index contributed by atoms with van der Waals surface area (Å²) in [6.07, 6.45) is 4.99. The van der Waals surface area contributed by atoms with E-state index >= 15 is 0 Å². The van der Waals surface area contributed by atoms with Crippen LogP contribution in [0.5, 0.6) is 0 Å². The van der Waals surface area contributed by atoms with Crippen molar-refractivity contribution in [2.45, 2.75) is 13.3 Å². The first-order valence-corrected chi connectivity index (χ1v) is 7.34. The predicted octanol–water partition coefficient (Wildman–Crippen LogP) is 2.09. The third-order valence-electron chi connectivity index (χ3n) is 5.48. The molecule has 0 spiro atoms. The molecule has 0 radical (unpaired) electrons. The molecule has 2 aliphatic carbocycles. The van der Waals surface area contributed by atoms with Gasteiger partial charge < -0.3 is 5.11 Å². The number of hydrogen-bond acceptors (Lipinski definition) is 3. The zero-order chi connectivity index (χ0) is 15.6. The lowest BCUT2D eigenvalue weighted by atomic mass is 9.71. The number of amides is 2. The fourth-order valence-electron chi connectivity index (χ4n) is 4.30. The van der Waals surface area contributed by atoms with Crippen LogP contribution < -0.4 is 4.90 Å². The van der Waals surface area contributed by atoms with Gasteiger partial charge in [0.05, 0.1) is 22.6 Å². The summed E-state index contributed by atoms with van der Waals surface area (Å²) in [5.74, 6) is -1.36. The van der Waals surface area contributed by atoms with Crippen molar-refractivity contribution in [3.8, 4) is 0 Å². The second-order valence-corrected chi connectivity index (χ2v) is 6.48. The molecule has 112 valence electrons. The number of hydrogen-bond donors (Lipinski definition) is 1. The van der Waals surface area contributed by atoms with Crippen molar-refractivity contribution in [1.82, 2.24) is 0 Å². The summed E-state index contributed by atoms with van der Waals surface area (Å²) in [6, 6.07) is 5.89. The summed E-state index contributed by atoms with van der Waals surface area (Å²) in [7, 11) is 0. The molecule has 2 amide bonds. The maximum Gasteiger partial charge on any atom is 0.335 e. The second-order valence-electron chi connectivity index (χ2n) is 6.48. The number of benzene rings is 1. The zero-order valence-corrected chi connectivity index (χ0v) is 12.0. The lowest BCUT2D eigenvalue weighted by Gasteiger charge is -2.28. The van der Waals surface area contributed by atoms with Gasteiger partial charge in [-0.3, -0.25) is 9.59 Å². The molecular formula is C17H15NO4. The summed E-state index contributed by atoms with van der Waals surface area (Å²) in [5, 5.41) is 8.94. The van der Waals surface area contributed by atoms with Crippen molar-refractivity contribution in [1.29, 1.82) is 0 Å². The van der Waals surface area contributed by atoms with E-state index in [0.717, 1.165) is 6.42 Å². The largest absolute Gasteiger partial charge is 0.478 e. The molecule has 3 aliphatic rings. The van der Waals surface area contributed by atoms with Gasteiger partial charge in [0.1, 0.15) is 0 Å². The van der Waals surface area contributed by atoms with Gasteiger partial charge in [0.2, 0.25) is 11.8 Å². The normalized spacial score (nSPS) is 35.3. The number of carbonyl (C=O) groups is 3. The maximum absolute atomic E-state index is 12.9. The molecule has 0 unspecified atom stereocenters. The molecule has 1 saturated heterocycles. The Hall–Kier alpha value is -2.43. The van der Waals surface area contributed by atoms with E-state index in [1.165, 1.54) is 29.2 Å². The van der Waals surface area contributed by atoms with Gasteiger partial charge in [0.15, 0.2) is 0 Å². The topological polar surface area (TPSA) is 74.7 Å². The molecule has 1 N–H and O–H groups in total. The van der Waals surface area contributed by atoms with Crippen LogP contribution in [0.3, 0.4) is 0 Å². The highest BCUT2D eigenvalue weighted by Crippen LogP contribution is 2.60. The summed E-state index contributed by atoms with van der Waals surface area (Å²) in [6.45, 7) is 1.89. The van der Waals surface area contributed by atoms with Crippen molar-refractivity contribution in [3.63, 3.8) is 0 Å². The molecule has 0 aromatic heterocycles. The molecule has 4 atom stereocenters. The average molecular weight is 297 g/mol. The van der Waals surface area contributed by atoms with Crippen molar-refractivity contribution >= 4 is 23.5 Å². The van der Waals surface area contributed by atoms with Crippen LogP contribution in [0, 0.1) is 23.2 Å². The van der Waals surface area contributed by atoms with Gasteiger partial charge >= 0.3 is 5.97 Å². The summed E-state index contributed by atoms with van der Waals surface area (Å²) in [5.41, 5.74) is -0.0619. The standard InChI is InChI=1S/C17H15NO4/c1-17-11-5-2-10(8-11)13(17)14(19)18(16(17)22)12-6-3-9(4-7-12)15(20)21/h2-7,10-11,13H,8H2,1H3,(H,20,21)/t10-,11-,13+,17+/m0/s1. The lowest BCUT2D eigenvalue weighted by molar-refractivity contribution is -0.127. The van der Waals surface area contributed by atoms with Crippen LogP contribution in [0.1, 0.15) is 23.7 Å². The highest BCUT2D eigenvalue weighted by Gasteiger charge is 2.67. The third-order valence-corrected chi connectivity index (χ3v) is 5.48. The smallest absolute Gasteiger partial charge is 0.335 e. The van der Waals surface area contributed by atoms with Crippen LogP contribution >= 0.6 is 0 Å². The van der Waals surface area contributed by atoms with E-state index in [-0.39, 0.29) is 35.1 Å². The summed E-state index contributed by atoms with van der Waals surface area (Å²) in [4.78, 5) is 37.8. The van der Waals surface area contributed by atoms with Crippen molar-refractivity contribution < 1.29 is 19.5 Å². The molecule has 1 aromatic carbocycles. The Morgan fingerprint density at radius 2 is 1.91 bits per heavy atom. The highest BCUT2D eigenvalue weighted by molar-refractivity contribution is 6.24. The first-order valence-electron chi connectivity index (χ1n) is 7.34. The fraction of sp³-hybridized carbons (Fsp3) is 0.353. The first kappa shape index (κ1) is 13.2. The van der Waals surface area contributed by atoms with Crippen LogP contribution in [-0.4, -0.2) is 22.9 Å². The quantitative estimate of drug-likeness (QED) is 0.670. The molecule has 1 heterocycles. The Bertz CT molecular complexity index is 736. The number of aromatic carboxylic acids is 1. The van der Waals surface area contributed by atoms with E-state index < -0.39 is 11.4 Å². The number of carboxylic acids is 1. The van der Waals surface area contributed by atoms with Crippen molar-refractivity contribution in [2.24, 2.45) is 23.2 Å². The third kappa shape index (κ3) is 1.41. The van der Waals surface area contributed by atoms with E-state index in [4.69, 9.17) is 5.11 Å². The number of fused-ring (bicyclic) bond motifs is 5. The summed E-state index contributed by atoms with van der Waals surface area (Å²) >= 11 is 0. The number of carboxylic acid groups (broad SMARTS) is 1. The van der Waals surface area contributed by atoms with Gasteiger partial charge in [-0.1, -0.05) is 12.2 Å². The van der Waals surface area contributed by atoms with Crippen LogP contribution in [0.2, 0.25) is 0 Å². The van der Waals surface area contributed by atoms with Gasteiger partial charge in [0, 0.05) is 0 Å². The molecule has 5 nitrogen and oxygen atoms in total. The Kier molecular flexibility index (Phi) is 2.45. The molecule has 1 aromatic rings. The zero-order valence-electron chi connectivity index (χ0n) is 12.0. The van der Waals surface area contributed by atoms with Gasteiger partial charge in [0.25, 0.3) is 0 Å². The van der Waals surface area contributed by atoms with Gasteiger partial charge in [-0.25, -0.2) is 9.69 Å². The fourth-order valence-corrected chi connectivity index (χ4v) is 4.30. The van der Waals surface area contributed by atoms with Crippen LogP contribution in [0.25, 0.3) is 0 Å². The molecular weight excluding hydrogens is 282 g/mol. The Morgan fingerprint density at radius 3 is 2.50 bits per heavy atom. The molecule has 22 heavy (non-hydrogen) atoms. The first-order chi connectivity index (χ1) is 10.4. The van der Waals surface area contributed by atoms with Crippen LogP contribution in [0.4, 0.5) is 5.69 Å². The molecule has 1 aliphatic heterocycles. The van der Waals surface area contributed by atoms with E-state index in [1.807, 2.05) is 6.92 Å². The Balaban J connectivity index is 1.74. The van der Waals surface area contributed by atoms with Crippen LogP contribution in [-0.2, 0) is 9.59 Å².